The molecule has 96 valence electrons. The highest BCUT2D eigenvalue weighted by Crippen LogP contribution is 2.22. The van der Waals surface area contributed by atoms with Crippen molar-refractivity contribution in [3.8, 4) is 11.4 Å². The molecule has 3 heterocycles. The van der Waals surface area contributed by atoms with E-state index in [2.05, 4.69) is 26.4 Å². The second kappa shape index (κ2) is 4.93. The van der Waals surface area contributed by atoms with Crippen LogP contribution in [0.1, 0.15) is 15.6 Å². The fourth-order valence-electron chi connectivity index (χ4n) is 2.07. The number of hydrogen-bond donors (Lipinski definition) is 0. The second-order valence-corrected chi connectivity index (χ2v) is 5.64. The topological polar surface area (TPSA) is 43.6 Å². The number of nitrogens with zero attached hydrogens (tertiary/aromatic N) is 4. The minimum absolute atomic E-state index is 0.814. The molecule has 3 aromatic heterocycles. The molecule has 0 aromatic carbocycles. The lowest BCUT2D eigenvalue weighted by Gasteiger charge is -2.06. The van der Waals surface area contributed by atoms with Gasteiger partial charge in [-0.25, -0.2) is 9.97 Å². The van der Waals surface area contributed by atoms with Crippen molar-refractivity contribution in [1.82, 2.24) is 19.5 Å². The minimum atomic E-state index is 0.814. The van der Waals surface area contributed by atoms with Crippen molar-refractivity contribution in [1.29, 1.82) is 0 Å². The third-order valence-corrected chi connectivity index (χ3v) is 4.03. The maximum absolute atomic E-state index is 4.47. The summed E-state index contributed by atoms with van der Waals surface area (Å²) in [7, 11) is 0. The molecule has 19 heavy (non-hydrogen) atoms. The summed E-state index contributed by atoms with van der Waals surface area (Å²) in [5, 5.41) is 1.11. The monoisotopic (exact) mass is 270 g/mol. The van der Waals surface area contributed by atoms with Gasteiger partial charge in [-0.3, -0.25) is 4.98 Å². The molecule has 0 saturated heterocycles. The zero-order valence-electron chi connectivity index (χ0n) is 10.9. The van der Waals surface area contributed by atoms with Gasteiger partial charge < -0.3 is 4.57 Å². The summed E-state index contributed by atoms with van der Waals surface area (Å²) in [6.45, 7) is 4.91. The first-order chi connectivity index (χ1) is 9.24. The summed E-state index contributed by atoms with van der Waals surface area (Å²) >= 11 is 1.74. The predicted molar refractivity (Wildman–Crippen MR) is 76.1 cm³/mol. The highest BCUT2D eigenvalue weighted by molar-refractivity contribution is 7.11. The first-order valence-corrected chi connectivity index (χ1v) is 6.90. The van der Waals surface area contributed by atoms with Gasteiger partial charge in [-0.15, -0.1) is 11.3 Å². The van der Waals surface area contributed by atoms with Crippen molar-refractivity contribution in [3.63, 3.8) is 0 Å². The van der Waals surface area contributed by atoms with Crippen molar-refractivity contribution in [2.75, 3.05) is 0 Å². The van der Waals surface area contributed by atoms with Crippen LogP contribution < -0.4 is 0 Å². The molecule has 0 atom stereocenters. The van der Waals surface area contributed by atoms with E-state index in [1.807, 2.05) is 31.5 Å². The van der Waals surface area contributed by atoms with Crippen LogP contribution in [0.25, 0.3) is 11.4 Å². The predicted octanol–water partition coefficient (Wildman–Crippen LogP) is 3.07. The highest BCUT2D eigenvalue weighted by atomic mass is 32.1. The molecule has 0 aliphatic rings. The molecule has 3 rings (SSSR count). The molecule has 0 radical (unpaired) electrons. The Labute approximate surface area is 115 Å². The van der Waals surface area contributed by atoms with E-state index in [1.54, 1.807) is 23.7 Å². The molecule has 0 bridgehead atoms. The third kappa shape index (κ3) is 2.42. The van der Waals surface area contributed by atoms with Crippen molar-refractivity contribution in [2.24, 2.45) is 0 Å². The summed E-state index contributed by atoms with van der Waals surface area (Å²) in [4.78, 5) is 14.2. The number of pyridine rings is 1. The van der Waals surface area contributed by atoms with E-state index >= 15 is 0 Å². The van der Waals surface area contributed by atoms with Crippen molar-refractivity contribution < 1.29 is 0 Å². The summed E-state index contributed by atoms with van der Waals surface area (Å²) < 4.78 is 2.15. The molecule has 0 saturated carbocycles. The lowest BCUT2D eigenvalue weighted by molar-refractivity contribution is 0.811. The van der Waals surface area contributed by atoms with Gasteiger partial charge in [0.2, 0.25) is 0 Å². The van der Waals surface area contributed by atoms with E-state index in [0.717, 1.165) is 28.6 Å². The van der Waals surface area contributed by atoms with Crippen LogP contribution in [-0.4, -0.2) is 19.5 Å². The van der Waals surface area contributed by atoms with Gasteiger partial charge in [0, 0.05) is 35.2 Å². The molecule has 0 amide bonds. The Morgan fingerprint density at radius 2 is 1.95 bits per heavy atom. The Morgan fingerprint density at radius 1 is 1.16 bits per heavy atom. The largest absolute Gasteiger partial charge is 0.326 e. The number of rotatable bonds is 3. The molecule has 5 heteroatoms. The van der Waals surface area contributed by atoms with Gasteiger partial charge in [-0.2, -0.15) is 0 Å². The van der Waals surface area contributed by atoms with Crippen LogP contribution in [0.15, 0.2) is 36.9 Å². The van der Waals surface area contributed by atoms with Crippen LogP contribution in [0.3, 0.4) is 0 Å². The van der Waals surface area contributed by atoms with Gasteiger partial charge in [0.15, 0.2) is 0 Å². The second-order valence-electron chi connectivity index (χ2n) is 4.36. The van der Waals surface area contributed by atoms with Gasteiger partial charge in [0.25, 0.3) is 0 Å². The zero-order chi connectivity index (χ0) is 13.2. The van der Waals surface area contributed by atoms with Crippen LogP contribution >= 0.6 is 11.3 Å². The molecule has 0 spiro atoms. The number of aromatic nitrogens is 4. The molecular weight excluding hydrogens is 256 g/mol. The van der Waals surface area contributed by atoms with Crippen molar-refractivity contribution >= 4 is 11.3 Å². The minimum Gasteiger partial charge on any atom is -0.326 e. The Kier molecular flexibility index (Phi) is 3.13. The van der Waals surface area contributed by atoms with Crippen LogP contribution in [-0.2, 0) is 6.54 Å². The summed E-state index contributed by atoms with van der Waals surface area (Å²) in [6, 6.07) is 3.95. The van der Waals surface area contributed by atoms with Crippen LogP contribution in [0.4, 0.5) is 0 Å². The number of hydrogen-bond acceptors (Lipinski definition) is 4. The lowest BCUT2D eigenvalue weighted by atomic mass is 10.2. The van der Waals surface area contributed by atoms with Gasteiger partial charge in [0.05, 0.1) is 17.2 Å². The quantitative estimate of drug-likeness (QED) is 0.734. The van der Waals surface area contributed by atoms with Gasteiger partial charge in [0.1, 0.15) is 5.82 Å². The van der Waals surface area contributed by atoms with Crippen LogP contribution in [0.2, 0.25) is 0 Å². The Morgan fingerprint density at radius 3 is 2.63 bits per heavy atom. The van der Waals surface area contributed by atoms with Crippen LogP contribution in [0, 0.1) is 13.8 Å². The molecule has 0 fully saturated rings. The zero-order valence-corrected chi connectivity index (χ0v) is 11.7. The van der Waals surface area contributed by atoms with E-state index in [4.69, 9.17) is 0 Å². The Bertz CT molecular complexity index is 685. The van der Waals surface area contributed by atoms with E-state index in [9.17, 15) is 0 Å². The highest BCUT2D eigenvalue weighted by Gasteiger charge is 2.10. The number of aryl methyl sites for hydroxylation is 2. The molecule has 4 nitrogen and oxygen atoms in total. The van der Waals surface area contributed by atoms with Crippen molar-refractivity contribution in [2.45, 2.75) is 20.4 Å². The van der Waals surface area contributed by atoms with Crippen LogP contribution in [0.5, 0.6) is 0 Å². The average Bonchev–Trinajstić information content (AvgIpc) is 2.98. The fraction of sp³-hybridized carbons (Fsp3) is 0.214. The summed E-state index contributed by atoms with van der Waals surface area (Å²) in [6.07, 6.45) is 7.41. The molecule has 3 aromatic rings. The fourth-order valence-corrected chi connectivity index (χ4v) is 3.01. The lowest BCUT2D eigenvalue weighted by Crippen LogP contribution is -2.00. The summed E-state index contributed by atoms with van der Waals surface area (Å²) in [5.74, 6) is 0.966. The molecule has 0 aliphatic heterocycles. The number of imidazole rings is 1. The van der Waals surface area contributed by atoms with Gasteiger partial charge in [-0.1, -0.05) is 0 Å². The van der Waals surface area contributed by atoms with E-state index < -0.39 is 0 Å². The van der Waals surface area contributed by atoms with E-state index in [1.165, 1.54) is 4.88 Å². The Hall–Kier alpha value is -2.01. The smallest absolute Gasteiger partial charge is 0.140 e. The SMILES string of the molecule is Cc1nc(C)c(Cn2ccnc2-c2ccncc2)s1. The van der Waals surface area contributed by atoms with Crippen molar-refractivity contribution in [3.05, 3.63) is 52.5 Å². The molecule has 0 unspecified atom stereocenters. The third-order valence-electron chi connectivity index (χ3n) is 2.97. The number of thiazole rings is 1. The van der Waals surface area contributed by atoms with E-state index in [-0.39, 0.29) is 0 Å². The maximum atomic E-state index is 4.47. The maximum Gasteiger partial charge on any atom is 0.140 e. The standard InChI is InChI=1S/C14H14N4S/c1-10-13(19-11(2)17-10)9-18-8-7-16-14(18)12-3-5-15-6-4-12/h3-8H,9H2,1-2H3. The van der Waals surface area contributed by atoms with Gasteiger partial charge in [-0.05, 0) is 26.0 Å². The van der Waals surface area contributed by atoms with Gasteiger partial charge >= 0.3 is 0 Å². The Balaban J connectivity index is 1.95. The molecular formula is C14H14N4S. The first-order valence-electron chi connectivity index (χ1n) is 6.08. The average molecular weight is 270 g/mol. The summed E-state index contributed by atoms with van der Waals surface area (Å²) in [5.41, 5.74) is 2.19. The molecule has 0 aliphatic carbocycles. The molecule has 0 N–H and O–H groups in total. The van der Waals surface area contributed by atoms with E-state index in [0.29, 0.717) is 0 Å². The normalized spacial score (nSPS) is 10.8. The first kappa shape index (κ1) is 12.0.